The Hall–Kier alpha value is -3.45. The number of carbonyl (C=O) groups excluding carboxylic acids is 1. The zero-order valence-electron chi connectivity index (χ0n) is 17.8. The number of benzene rings is 4. The average molecular weight is 389 g/mol. The van der Waals surface area contributed by atoms with Crippen LogP contribution >= 0.6 is 0 Å². The molecule has 0 aromatic heterocycles. The highest BCUT2D eigenvalue weighted by Crippen LogP contribution is 2.41. The van der Waals surface area contributed by atoms with Gasteiger partial charge in [-0.15, -0.1) is 0 Å². The number of fused-ring (bicyclic) bond motifs is 3. The molecule has 0 saturated heterocycles. The van der Waals surface area contributed by atoms with Crippen molar-refractivity contribution in [2.45, 2.75) is 27.7 Å². The highest BCUT2D eigenvalue weighted by molar-refractivity contribution is 6.22. The van der Waals surface area contributed by atoms with E-state index in [0.29, 0.717) is 0 Å². The normalized spacial score (nSPS) is 12.1. The SMILES string of the molecule is Cc1ccc(-c2ccc3c(c2)C(=O)c2cc(-c4ccc(C)cc4C)ccc2-3)c(C)c1. The Morgan fingerprint density at radius 2 is 0.833 bits per heavy atom. The van der Waals surface area contributed by atoms with Gasteiger partial charge in [0.2, 0.25) is 0 Å². The van der Waals surface area contributed by atoms with Crippen LogP contribution in [0.25, 0.3) is 33.4 Å². The van der Waals surface area contributed by atoms with E-state index in [-0.39, 0.29) is 5.78 Å². The predicted octanol–water partition coefficient (Wildman–Crippen LogP) is 7.47. The van der Waals surface area contributed by atoms with E-state index >= 15 is 0 Å². The maximum atomic E-state index is 13.3. The Balaban J connectivity index is 1.59. The highest BCUT2D eigenvalue weighted by Gasteiger charge is 2.27. The molecule has 0 fully saturated rings. The van der Waals surface area contributed by atoms with Gasteiger partial charge in [0, 0.05) is 11.1 Å². The van der Waals surface area contributed by atoms with E-state index in [0.717, 1.165) is 33.4 Å². The van der Waals surface area contributed by atoms with Crippen molar-refractivity contribution in [1.29, 1.82) is 0 Å². The van der Waals surface area contributed by atoms with Gasteiger partial charge in [0.1, 0.15) is 0 Å². The minimum Gasteiger partial charge on any atom is -0.289 e. The van der Waals surface area contributed by atoms with Gasteiger partial charge < -0.3 is 0 Å². The molecule has 0 spiro atoms. The molecular formula is C29H24O. The standard InChI is InChI=1S/C29H24O/c1-17-5-9-23(19(3)13-17)21-7-11-25-26-12-8-22(16-28(26)29(30)27(25)15-21)24-10-6-18(2)14-20(24)4/h5-16H,1-4H3. The molecule has 4 aromatic carbocycles. The zero-order valence-corrected chi connectivity index (χ0v) is 17.8. The quantitative estimate of drug-likeness (QED) is 0.307. The van der Waals surface area contributed by atoms with Crippen molar-refractivity contribution in [3.05, 3.63) is 106 Å². The zero-order chi connectivity index (χ0) is 21.0. The van der Waals surface area contributed by atoms with Crippen LogP contribution in [-0.4, -0.2) is 5.78 Å². The second kappa shape index (κ2) is 6.81. The third kappa shape index (κ3) is 2.90. The first-order valence-electron chi connectivity index (χ1n) is 10.4. The van der Waals surface area contributed by atoms with Crippen LogP contribution in [0.1, 0.15) is 38.2 Å². The Kier molecular flexibility index (Phi) is 4.22. The lowest BCUT2D eigenvalue weighted by Crippen LogP contribution is -1.96. The topological polar surface area (TPSA) is 17.1 Å². The molecule has 0 unspecified atom stereocenters. The summed E-state index contributed by atoms with van der Waals surface area (Å²) in [7, 11) is 0. The predicted molar refractivity (Wildman–Crippen MR) is 125 cm³/mol. The molecule has 0 radical (unpaired) electrons. The van der Waals surface area contributed by atoms with Crippen LogP contribution in [0.3, 0.4) is 0 Å². The first-order chi connectivity index (χ1) is 14.4. The number of hydrogen-bond acceptors (Lipinski definition) is 1. The van der Waals surface area contributed by atoms with Crippen LogP contribution in [0.4, 0.5) is 0 Å². The molecule has 0 amide bonds. The van der Waals surface area contributed by atoms with Crippen LogP contribution in [0, 0.1) is 27.7 Å². The molecule has 0 aliphatic heterocycles. The number of hydrogen-bond donors (Lipinski definition) is 0. The lowest BCUT2D eigenvalue weighted by atomic mass is 9.94. The molecule has 0 bridgehead atoms. The van der Waals surface area contributed by atoms with Gasteiger partial charge >= 0.3 is 0 Å². The fourth-order valence-corrected chi connectivity index (χ4v) is 4.69. The van der Waals surface area contributed by atoms with Crippen molar-refractivity contribution in [3.63, 3.8) is 0 Å². The van der Waals surface area contributed by atoms with Crippen molar-refractivity contribution in [3.8, 4) is 33.4 Å². The van der Waals surface area contributed by atoms with Gasteiger partial charge in [-0.25, -0.2) is 0 Å². The summed E-state index contributed by atoms with van der Waals surface area (Å²) in [5, 5.41) is 0. The number of carbonyl (C=O) groups is 1. The summed E-state index contributed by atoms with van der Waals surface area (Å²) in [6.45, 7) is 8.46. The van der Waals surface area contributed by atoms with Crippen LogP contribution in [0.2, 0.25) is 0 Å². The minimum atomic E-state index is 0.123. The molecule has 30 heavy (non-hydrogen) atoms. The van der Waals surface area contributed by atoms with Crippen LogP contribution in [-0.2, 0) is 0 Å². The second-order valence-electron chi connectivity index (χ2n) is 8.49. The molecule has 0 N–H and O–H groups in total. The van der Waals surface area contributed by atoms with Gasteiger partial charge in [-0.3, -0.25) is 4.79 Å². The van der Waals surface area contributed by atoms with E-state index in [1.54, 1.807) is 0 Å². The fourth-order valence-electron chi connectivity index (χ4n) is 4.69. The van der Waals surface area contributed by atoms with Crippen LogP contribution in [0.5, 0.6) is 0 Å². The summed E-state index contributed by atoms with van der Waals surface area (Å²) < 4.78 is 0. The van der Waals surface area contributed by atoms with E-state index in [9.17, 15) is 4.79 Å². The van der Waals surface area contributed by atoms with Gasteiger partial charge in [-0.1, -0.05) is 71.8 Å². The van der Waals surface area contributed by atoms with Crippen LogP contribution in [0.15, 0.2) is 72.8 Å². The molecule has 0 atom stereocenters. The van der Waals surface area contributed by atoms with Gasteiger partial charge in [0.15, 0.2) is 5.78 Å². The molecule has 0 heterocycles. The van der Waals surface area contributed by atoms with Crippen molar-refractivity contribution >= 4 is 5.78 Å². The van der Waals surface area contributed by atoms with Gasteiger partial charge in [-0.2, -0.15) is 0 Å². The number of ketones is 1. The monoisotopic (exact) mass is 388 g/mol. The smallest absolute Gasteiger partial charge is 0.194 e. The second-order valence-corrected chi connectivity index (χ2v) is 8.49. The van der Waals surface area contributed by atoms with Crippen LogP contribution < -0.4 is 0 Å². The molecule has 146 valence electrons. The largest absolute Gasteiger partial charge is 0.289 e. The fraction of sp³-hybridized carbons (Fsp3) is 0.138. The molecular weight excluding hydrogens is 364 g/mol. The molecule has 1 aliphatic rings. The maximum Gasteiger partial charge on any atom is 0.194 e. The van der Waals surface area contributed by atoms with E-state index in [2.05, 4.69) is 100 Å². The summed E-state index contributed by atoms with van der Waals surface area (Å²) in [5.41, 5.74) is 13.2. The summed E-state index contributed by atoms with van der Waals surface area (Å²) in [6.07, 6.45) is 0. The molecule has 1 nitrogen and oxygen atoms in total. The Morgan fingerprint density at radius 3 is 1.23 bits per heavy atom. The summed E-state index contributed by atoms with van der Waals surface area (Å²) >= 11 is 0. The van der Waals surface area contributed by atoms with Crippen molar-refractivity contribution in [2.75, 3.05) is 0 Å². The molecule has 1 heteroatoms. The lowest BCUT2D eigenvalue weighted by molar-refractivity contribution is 0.104. The number of aryl methyl sites for hydroxylation is 4. The first-order valence-corrected chi connectivity index (χ1v) is 10.4. The van der Waals surface area contributed by atoms with E-state index in [4.69, 9.17) is 0 Å². The van der Waals surface area contributed by atoms with Gasteiger partial charge in [0.05, 0.1) is 0 Å². The summed E-state index contributed by atoms with van der Waals surface area (Å²) in [4.78, 5) is 13.3. The van der Waals surface area contributed by atoms with Gasteiger partial charge in [0.25, 0.3) is 0 Å². The minimum absolute atomic E-state index is 0.123. The lowest BCUT2D eigenvalue weighted by Gasteiger charge is -2.09. The first kappa shape index (κ1) is 18.6. The average Bonchev–Trinajstić information content (AvgIpc) is 2.99. The Labute approximate surface area is 178 Å². The highest BCUT2D eigenvalue weighted by atomic mass is 16.1. The third-order valence-corrected chi connectivity index (χ3v) is 6.20. The number of rotatable bonds is 2. The van der Waals surface area contributed by atoms with E-state index in [1.807, 2.05) is 0 Å². The molecule has 5 rings (SSSR count). The van der Waals surface area contributed by atoms with E-state index in [1.165, 1.54) is 33.4 Å². The van der Waals surface area contributed by atoms with Crippen molar-refractivity contribution in [2.24, 2.45) is 0 Å². The summed E-state index contributed by atoms with van der Waals surface area (Å²) in [6, 6.07) is 25.5. The van der Waals surface area contributed by atoms with Crippen molar-refractivity contribution < 1.29 is 4.79 Å². The molecule has 0 saturated carbocycles. The van der Waals surface area contributed by atoms with Gasteiger partial charge in [-0.05, 0) is 84.3 Å². The van der Waals surface area contributed by atoms with E-state index < -0.39 is 0 Å². The summed E-state index contributed by atoms with van der Waals surface area (Å²) in [5.74, 6) is 0.123. The van der Waals surface area contributed by atoms with Crippen molar-refractivity contribution in [1.82, 2.24) is 0 Å². The molecule has 4 aromatic rings. The Morgan fingerprint density at radius 1 is 0.433 bits per heavy atom. The maximum absolute atomic E-state index is 13.3. The third-order valence-electron chi connectivity index (χ3n) is 6.20. The molecule has 1 aliphatic carbocycles. The Bertz CT molecular complexity index is 1240.